The van der Waals surface area contributed by atoms with E-state index in [1.54, 1.807) is 9.47 Å². The number of aromatic nitrogens is 1. The molecular formula is C23H23F2N3O5. The molecule has 0 unspecified atom stereocenters. The second-order valence-electron chi connectivity index (χ2n) is 8.84. The maximum atomic E-state index is 14.0. The first kappa shape index (κ1) is 21.6. The number of pyridine rings is 1. The third-order valence-corrected chi connectivity index (χ3v) is 6.64. The topological polar surface area (TPSA) is 101 Å². The van der Waals surface area contributed by atoms with Crippen molar-refractivity contribution in [1.29, 1.82) is 0 Å². The van der Waals surface area contributed by atoms with Crippen LogP contribution in [-0.2, 0) is 11.3 Å². The number of amides is 2. The Kier molecular flexibility index (Phi) is 5.19. The molecule has 0 saturated heterocycles. The highest BCUT2D eigenvalue weighted by Gasteiger charge is 2.46. The molecule has 2 atom stereocenters. The summed E-state index contributed by atoms with van der Waals surface area (Å²) in [7, 11) is 1.45. The van der Waals surface area contributed by atoms with E-state index in [4.69, 9.17) is 4.74 Å². The maximum Gasteiger partial charge on any atom is 0.274 e. The number of halogens is 2. The summed E-state index contributed by atoms with van der Waals surface area (Å²) >= 11 is 0. The van der Waals surface area contributed by atoms with Crippen molar-refractivity contribution in [1.82, 2.24) is 14.8 Å². The third-order valence-electron chi connectivity index (χ3n) is 6.64. The van der Waals surface area contributed by atoms with E-state index in [1.807, 2.05) is 0 Å². The summed E-state index contributed by atoms with van der Waals surface area (Å²) in [5.74, 6) is -3.19. The van der Waals surface area contributed by atoms with Gasteiger partial charge in [0.1, 0.15) is 23.3 Å². The van der Waals surface area contributed by atoms with Gasteiger partial charge in [-0.2, -0.15) is 0 Å². The van der Waals surface area contributed by atoms with Crippen molar-refractivity contribution in [3.8, 4) is 5.75 Å². The fourth-order valence-electron chi connectivity index (χ4n) is 4.83. The molecule has 174 valence electrons. The molecule has 5 rings (SSSR count). The van der Waals surface area contributed by atoms with Gasteiger partial charge in [-0.15, -0.1) is 0 Å². The van der Waals surface area contributed by atoms with Crippen LogP contribution in [0.3, 0.4) is 0 Å². The molecular weight excluding hydrogens is 436 g/mol. The Labute approximate surface area is 187 Å². The lowest BCUT2D eigenvalue weighted by Crippen LogP contribution is -2.45. The highest BCUT2D eigenvalue weighted by molar-refractivity contribution is 6.00. The van der Waals surface area contributed by atoms with Crippen LogP contribution < -0.4 is 10.7 Å². The molecule has 0 spiro atoms. The van der Waals surface area contributed by atoms with Crippen LogP contribution in [0.1, 0.15) is 63.5 Å². The minimum atomic E-state index is -0.974. The minimum absolute atomic E-state index is 0.0375. The summed E-state index contributed by atoms with van der Waals surface area (Å²) in [5, 5.41) is 13.2. The number of methoxy groups -OCH3 is 1. The van der Waals surface area contributed by atoms with Crippen molar-refractivity contribution < 1.29 is 28.2 Å². The van der Waals surface area contributed by atoms with Gasteiger partial charge >= 0.3 is 0 Å². The van der Waals surface area contributed by atoms with Gasteiger partial charge in [0.05, 0.1) is 11.7 Å². The fourth-order valence-corrected chi connectivity index (χ4v) is 4.83. The van der Waals surface area contributed by atoms with Crippen LogP contribution in [0.5, 0.6) is 5.75 Å². The Bertz CT molecular complexity index is 1220. The molecule has 1 aromatic carbocycles. The van der Waals surface area contributed by atoms with E-state index >= 15 is 0 Å². The van der Waals surface area contributed by atoms with Crippen LogP contribution >= 0.6 is 0 Å². The van der Waals surface area contributed by atoms with Gasteiger partial charge in [-0.25, -0.2) is 8.78 Å². The number of benzene rings is 1. The van der Waals surface area contributed by atoms with Crippen LogP contribution in [0.25, 0.3) is 0 Å². The van der Waals surface area contributed by atoms with Gasteiger partial charge in [0.25, 0.3) is 11.8 Å². The van der Waals surface area contributed by atoms with E-state index < -0.39 is 40.7 Å². The van der Waals surface area contributed by atoms with Crippen molar-refractivity contribution in [2.75, 3.05) is 20.2 Å². The number of hydrogen-bond acceptors (Lipinski definition) is 5. The molecule has 2 aromatic rings. The second kappa shape index (κ2) is 7.95. The Balaban J connectivity index is 1.53. The molecule has 2 aliphatic heterocycles. The number of ether oxygens (including phenoxy) is 1. The molecule has 3 heterocycles. The van der Waals surface area contributed by atoms with Gasteiger partial charge in [-0.3, -0.25) is 14.4 Å². The van der Waals surface area contributed by atoms with E-state index in [-0.39, 0.29) is 35.1 Å². The first-order chi connectivity index (χ1) is 15.8. The quantitative estimate of drug-likeness (QED) is 0.690. The Morgan fingerprint density at radius 2 is 2.03 bits per heavy atom. The Hall–Kier alpha value is -3.27. The van der Waals surface area contributed by atoms with E-state index in [9.17, 15) is 28.3 Å². The highest BCUT2D eigenvalue weighted by atomic mass is 19.1. The summed E-state index contributed by atoms with van der Waals surface area (Å²) in [6.45, 7) is 0.683. The van der Waals surface area contributed by atoms with Crippen molar-refractivity contribution in [2.24, 2.45) is 5.92 Å². The minimum Gasteiger partial charge on any atom is -0.503 e. The highest BCUT2D eigenvalue weighted by Crippen LogP contribution is 2.44. The number of nitrogens with one attached hydrogen (secondary N) is 1. The average molecular weight is 459 g/mol. The molecule has 0 bridgehead atoms. The third kappa shape index (κ3) is 3.58. The van der Waals surface area contributed by atoms with Crippen molar-refractivity contribution in [2.45, 2.75) is 38.0 Å². The number of nitrogens with zero attached hydrogens (tertiary/aromatic N) is 2. The normalized spacial score (nSPS) is 21.3. The standard InChI is InChI=1S/C23H23F2N3O5/c1-33-16-7-14-10-27(9-11-2-3-11)23(32)19-21(30)20(29)17(18(16)28(14)19)22(31)26-8-12-4-5-13(24)6-15(12)25/h4-6,11,14,16,30H,2-3,7-10H2,1H3,(H,26,31)/t14-,16+/m0/s1. The number of carbonyl (C=O) groups is 2. The summed E-state index contributed by atoms with van der Waals surface area (Å²) in [6.07, 6.45) is 1.91. The smallest absolute Gasteiger partial charge is 0.274 e. The Morgan fingerprint density at radius 3 is 2.70 bits per heavy atom. The Morgan fingerprint density at radius 1 is 1.27 bits per heavy atom. The van der Waals surface area contributed by atoms with Crippen molar-refractivity contribution in [3.63, 3.8) is 0 Å². The molecule has 10 heteroatoms. The first-order valence-electron chi connectivity index (χ1n) is 10.9. The number of hydrogen-bond donors (Lipinski definition) is 2. The van der Waals surface area contributed by atoms with E-state index in [1.165, 1.54) is 13.2 Å². The van der Waals surface area contributed by atoms with Gasteiger partial charge in [0, 0.05) is 44.8 Å². The number of carbonyl (C=O) groups excluding carboxylic acids is 2. The average Bonchev–Trinajstić information content (AvgIpc) is 3.53. The molecule has 1 aliphatic carbocycles. The van der Waals surface area contributed by atoms with Crippen LogP contribution in [0, 0.1) is 17.6 Å². The monoisotopic (exact) mass is 459 g/mol. The van der Waals surface area contributed by atoms with Gasteiger partial charge < -0.3 is 24.6 Å². The molecule has 1 aromatic heterocycles. The molecule has 33 heavy (non-hydrogen) atoms. The van der Waals surface area contributed by atoms with E-state index in [2.05, 4.69) is 5.32 Å². The molecule has 3 aliphatic rings. The van der Waals surface area contributed by atoms with Crippen LogP contribution in [0.4, 0.5) is 8.78 Å². The van der Waals surface area contributed by atoms with Gasteiger partial charge in [-0.05, 0) is 24.8 Å². The number of rotatable bonds is 6. The van der Waals surface area contributed by atoms with E-state index in [0.717, 1.165) is 18.9 Å². The lowest BCUT2D eigenvalue weighted by atomic mass is 10.1. The molecule has 2 amide bonds. The second-order valence-corrected chi connectivity index (χ2v) is 8.84. The van der Waals surface area contributed by atoms with Gasteiger partial charge in [0.15, 0.2) is 11.4 Å². The first-order valence-corrected chi connectivity index (χ1v) is 10.9. The zero-order valence-electron chi connectivity index (χ0n) is 17.9. The molecule has 2 N–H and O–H groups in total. The summed E-state index contributed by atoms with van der Waals surface area (Å²) in [4.78, 5) is 40.9. The molecule has 0 radical (unpaired) electrons. The summed E-state index contributed by atoms with van der Waals surface area (Å²) < 4.78 is 34.2. The van der Waals surface area contributed by atoms with Gasteiger partial charge in [0.2, 0.25) is 5.43 Å². The van der Waals surface area contributed by atoms with Crippen molar-refractivity contribution >= 4 is 11.8 Å². The summed E-state index contributed by atoms with van der Waals surface area (Å²) in [6, 6.07) is 2.71. The molecule has 1 saturated carbocycles. The van der Waals surface area contributed by atoms with Crippen LogP contribution in [0.15, 0.2) is 23.0 Å². The van der Waals surface area contributed by atoms with Crippen LogP contribution in [-0.4, -0.2) is 46.6 Å². The fraction of sp³-hybridized carbons (Fsp3) is 0.435. The maximum absolute atomic E-state index is 14.0. The largest absolute Gasteiger partial charge is 0.503 e. The lowest BCUT2D eigenvalue weighted by molar-refractivity contribution is 0.0632. The van der Waals surface area contributed by atoms with Crippen molar-refractivity contribution in [3.05, 3.63) is 62.6 Å². The lowest BCUT2D eigenvalue weighted by Gasteiger charge is -2.34. The number of aromatic hydroxyl groups is 1. The molecule has 1 fully saturated rings. The zero-order chi connectivity index (χ0) is 23.4. The molecule has 8 nitrogen and oxygen atoms in total. The van der Waals surface area contributed by atoms with Crippen LogP contribution in [0.2, 0.25) is 0 Å². The SMILES string of the molecule is CO[C@@H]1C[C@H]2CN(CC3CC3)C(=O)c3c(O)c(=O)c(C(=O)NCc4ccc(F)cc4F)c1n32. The van der Waals surface area contributed by atoms with E-state index in [0.29, 0.717) is 31.5 Å². The zero-order valence-corrected chi connectivity index (χ0v) is 17.9. The predicted molar refractivity (Wildman–Crippen MR) is 112 cm³/mol. The summed E-state index contributed by atoms with van der Waals surface area (Å²) in [5.41, 5.74) is -1.16. The predicted octanol–water partition coefficient (Wildman–Crippen LogP) is 2.26. The van der Waals surface area contributed by atoms with Gasteiger partial charge in [-0.1, -0.05) is 6.07 Å².